The lowest BCUT2D eigenvalue weighted by atomic mass is 9.94. The third kappa shape index (κ3) is 11.0. The first-order valence-electron chi connectivity index (χ1n) is 13.2. The van der Waals surface area contributed by atoms with E-state index in [9.17, 15) is 4.79 Å². The van der Waals surface area contributed by atoms with Crippen LogP contribution in [0.3, 0.4) is 0 Å². The number of aromatic nitrogens is 2. The summed E-state index contributed by atoms with van der Waals surface area (Å²) in [6, 6.07) is 0. The highest BCUT2D eigenvalue weighted by atomic mass is 32.1. The van der Waals surface area contributed by atoms with E-state index >= 15 is 0 Å². The molecular formula is C25H46N3O4S+. The maximum Gasteiger partial charge on any atom is 0.512 e. The highest BCUT2D eigenvalue weighted by molar-refractivity contribution is 6.99. The van der Waals surface area contributed by atoms with Gasteiger partial charge in [-0.15, -0.1) is 4.37 Å². The molecule has 2 unspecified atom stereocenters. The van der Waals surface area contributed by atoms with Crippen molar-refractivity contribution in [2.45, 2.75) is 103 Å². The normalized spacial score (nSPS) is 20.5. The second-order valence-electron chi connectivity index (χ2n) is 9.72. The van der Waals surface area contributed by atoms with Crippen LogP contribution in [0.25, 0.3) is 0 Å². The number of piperidine rings is 1. The minimum absolute atomic E-state index is 0.278. The number of carbonyl (C=O) groups is 1. The first kappa shape index (κ1) is 27.8. The van der Waals surface area contributed by atoms with Crippen LogP contribution in [0.1, 0.15) is 109 Å². The van der Waals surface area contributed by atoms with Gasteiger partial charge in [0.25, 0.3) is 0 Å². The van der Waals surface area contributed by atoms with E-state index in [4.69, 9.17) is 14.2 Å². The Balaban J connectivity index is 1.68. The number of quaternary nitrogens is 1. The molecule has 0 saturated carbocycles. The summed E-state index contributed by atoms with van der Waals surface area (Å²) >= 11 is 1.23. The minimum Gasteiger partial charge on any atom is -0.476 e. The largest absolute Gasteiger partial charge is 0.512 e. The van der Waals surface area contributed by atoms with E-state index in [1.165, 1.54) is 63.1 Å². The number of rotatable bonds is 17. The Labute approximate surface area is 205 Å². The zero-order valence-corrected chi connectivity index (χ0v) is 22.0. The van der Waals surface area contributed by atoms with E-state index < -0.39 is 6.16 Å². The maximum atomic E-state index is 12.1. The Morgan fingerprint density at radius 1 is 0.939 bits per heavy atom. The molecule has 2 heterocycles. The molecule has 2 rings (SSSR count). The summed E-state index contributed by atoms with van der Waals surface area (Å²) in [6.07, 6.45) is 14.7. The van der Waals surface area contributed by atoms with Gasteiger partial charge >= 0.3 is 6.16 Å². The lowest BCUT2D eigenvalue weighted by molar-refractivity contribution is -0.931. The van der Waals surface area contributed by atoms with E-state index in [2.05, 4.69) is 29.6 Å². The lowest BCUT2D eigenvalue weighted by Gasteiger charge is -2.39. The van der Waals surface area contributed by atoms with Crippen molar-refractivity contribution in [3.63, 3.8) is 0 Å². The van der Waals surface area contributed by atoms with E-state index in [1.54, 1.807) is 0 Å². The molecule has 0 radical (unpaired) electrons. The molecule has 0 amide bonds. The summed E-state index contributed by atoms with van der Waals surface area (Å²) in [5.74, 6) is 0.977. The number of likely N-dealkylation sites (N-methyl/N-ethyl adjacent to an activating group) is 1. The smallest absolute Gasteiger partial charge is 0.476 e. The van der Waals surface area contributed by atoms with Crippen LogP contribution in [-0.4, -0.2) is 59.5 Å². The molecular weight excluding hydrogens is 438 g/mol. The van der Waals surface area contributed by atoms with Crippen molar-refractivity contribution in [3.8, 4) is 5.88 Å². The third-order valence-corrected chi connectivity index (χ3v) is 7.00. The van der Waals surface area contributed by atoms with E-state index in [1.807, 2.05) is 0 Å². The van der Waals surface area contributed by atoms with Gasteiger partial charge in [-0.3, -0.25) is 4.48 Å². The number of hydrogen-bond donors (Lipinski definition) is 0. The van der Waals surface area contributed by atoms with Crippen molar-refractivity contribution in [3.05, 3.63) is 5.69 Å². The summed E-state index contributed by atoms with van der Waals surface area (Å²) in [4.78, 5) is 12.1. The second-order valence-corrected chi connectivity index (χ2v) is 10.3. The molecule has 0 bridgehead atoms. The van der Waals surface area contributed by atoms with Crippen molar-refractivity contribution >= 4 is 17.9 Å². The summed E-state index contributed by atoms with van der Waals surface area (Å²) in [7, 11) is 2.14. The molecule has 0 N–H and O–H groups in total. The molecule has 2 atom stereocenters. The summed E-state index contributed by atoms with van der Waals surface area (Å²) in [5, 5.41) is 0. The van der Waals surface area contributed by atoms with Crippen molar-refractivity contribution in [1.82, 2.24) is 8.75 Å². The van der Waals surface area contributed by atoms with Gasteiger partial charge < -0.3 is 14.2 Å². The Morgan fingerprint density at radius 3 is 2.36 bits per heavy atom. The third-order valence-electron chi connectivity index (χ3n) is 6.48. The monoisotopic (exact) mass is 484 g/mol. The maximum absolute atomic E-state index is 12.1. The number of nitrogens with zero attached hydrogens (tertiary/aromatic N) is 3. The van der Waals surface area contributed by atoms with Crippen molar-refractivity contribution in [1.29, 1.82) is 0 Å². The van der Waals surface area contributed by atoms with Crippen LogP contribution in [-0.2, 0) is 9.47 Å². The van der Waals surface area contributed by atoms with Gasteiger partial charge in [-0.05, 0) is 25.7 Å². The minimum atomic E-state index is -0.547. The van der Waals surface area contributed by atoms with Crippen LogP contribution in [0.2, 0.25) is 0 Å². The van der Waals surface area contributed by atoms with Gasteiger partial charge in [0.2, 0.25) is 12.6 Å². The molecule has 8 heteroatoms. The molecule has 190 valence electrons. The zero-order chi connectivity index (χ0) is 23.8. The molecule has 7 nitrogen and oxygen atoms in total. The van der Waals surface area contributed by atoms with Gasteiger partial charge in [-0.25, -0.2) is 4.79 Å². The fourth-order valence-electron chi connectivity index (χ4n) is 4.47. The average Bonchev–Trinajstić information content (AvgIpc) is 3.28. The first-order valence-corrected chi connectivity index (χ1v) is 13.9. The summed E-state index contributed by atoms with van der Waals surface area (Å²) in [5.41, 5.74) is 0.973. The second kappa shape index (κ2) is 16.3. The molecule has 1 aliphatic rings. The Morgan fingerprint density at radius 2 is 1.61 bits per heavy atom. The van der Waals surface area contributed by atoms with E-state index in [0.717, 1.165) is 50.9 Å². The molecule has 0 spiro atoms. The van der Waals surface area contributed by atoms with Crippen LogP contribution < -0.4 is 4.74 Å². The standard InChI is InChI=1S/C25H46N3O4S/c1-4-6-8-10-11-12-14-19-31-25(29)32-21-28(3)17-15-16-22(20-28)23-24(27-33-26-23)30-18-13-9-7-5-2/h22H,4-21H2,1-3H3/q+1. The van der Waals surface area contributed by atoms with E-state index in [0.29, 0.717) is 30.3 Å². The van der Waals surface area contributed by atoms with E-state index in [-0.39, 0.29) is 5.92 Å². The number of unbranched alkanes of at least 4 members (excludes halogenated alkanes) is 9. The molecule has 1 aromatic heterocycles. The fourth-order valence-corrected chi connectivity index (χ4v) is 5.05. The Bertz CT molecular complexity index is 657. The lowest BCUT2D eigenvalue weighted by Crippen LogP contribution is -2.52. The van der Waals surface area contributed by atoms with Gasteiger partial charge in [-0.2, -0.15) is 4.37 Å². The predicted molar refractivity (Wildman–Crippen MR) is 133 cm³/mol. The Kier molecular flexibility index (Phi) is 13.7. The average molecular weight is 485 g/mol. The van der Waals surface area contributed by atoms with Gasteiger partial charge in [0.15, 0.2) is 0 Å². The van der Waals surface area contributed by atoms with Crippen molar-refractivity contribution in [2.75, 3.05) is 40.1 Å². The highest BCUT2D eigenvalue weighted by Gasteiger charge is 2.36. The molecule has 1 aliphatic heterocycles. The predicted octanol–water partition coefficient (Wildman–Crippen LogP) is 6.68. The van der Waals surface area contributed by atoms with Gasteiger partial charge in [0.1, 0.15) is 5.69 Å². The molecule has 33 heavy (non-hydrogen) atoms. The first-order chi connectivity index (χ1) is 16.1. The number of ether oxygens (including phenoxy) is 3. The van der Waals surface area contributed by atoms with Gasteiger partial charge in [0.05, 0.1) is 51.0 Å². The SMILES string of the molecule is CCCCCCCCCOC(=O)OC[N+]1(C)CCCC(c2nsnc2OCCCCCC)C1. The molecule has 1 saturated heterocycles. The van der Waals surface area contributed by atoms with Gasteiger partial charge in [0, 0.05) is 0 Å². The zero-order valence-electron chi connectivity index (χ0n) is 21.2. The number of carbonyl (C=O) groups excluding carboxylic acids is 1. The van der Waals surface area contributed by atoms with Crippen LogP contribution in [0.4, 0.5) is 4.79 Å². The molecule has 1 aromatic rings. The van der Waals surface area contributed by atoms with Crippen molar-refractivity contribution in [2.24, 2.45) is 0 Å². The van der Waals surface area contributed by atoms with Crippen LogP contribution in [0.5, 0.6) is 5.88 Å². The quantitative estimate of drug-likeness (QED) is 0.139. The number of likely N-dealkylation sites (tertiary alicyclic amines) is 1. The summed E-state index contributed by atoms with van der Waals surface area (Å²) in [6.45, 7) is 7.76. The summed E-state index contributed by atoms with van der Waals surface area (Å²) < 4.78 is 26.4. The fraction of sp³-hybridized carbons (Fsp3) is 0.880. The van der Waals surface area contributed by atoms with Crippen molar-refractivity contribution < 1.29 is 23.5 Å². The Hall–Kier alpha value is -1.41. The van der Waals surface area contributed by atoms with Crippen LogP contribution >= 0.6 is 11.7 Å². The highest BCUT2D eigenvalue weighted by Crippen LogP contribution is 2.34. The molecule has 1 fully saturated rings. The molecule has 0 aromatic carbocycles. The van der Waals surface area contributed by atoms with Crippen LogP contribution in [0, 0.1) is 0 Å². The number of hydrogen-bond acceptors (Lipinski definition) is 7. The molecule has 0 aliphatic carbocycles. The topological polar surface area (TPSA) is 70.5 Å². The van der Waals surface area contributed by atoms with Gasteiger partial charge in [-0.1, -0.05) is 71.6 Å². The van der Waals surface area contributed by atoms with Crippen LogP contribution in [0.15, 0.2) is 0 Å².